The summed E-state index contributed by atoms with van der Waals surface area (Å²) in [6, 6.07) is 9.58. The lowest BCUT2D eigenvalue weighted by molar-refractivity contribution is -0.110. The second-order valence-corrected chi connectivity index (χ2v) is 4.34. The molecule has 0 radical (unpaired) electrons. The van der Waals surface area contributed by atoms with E-state index in [1.807, 2.05) is 62.4 Å². The summed E-state index contributed by atoms with van der Waals surface area (Å²) in [5.41, 5.74) is 1.91. The highest BCUT2D eigenvalue weighted by Crippen LogP contribution is 2.04. The lowest BCUT2D eigenvalue weighted by Crippen LogP contribution is -1.89. The van der Waals surface area contributed by atoms with Gasteiger partial charge in [0.2, 0.25) is 0 Å². The highest BCUT2D eigenvalue weighted by Gasteiger charge is 1.94. The molecule has 21 heavy (non-hydrogen) atoms. The second kappa shape index (κ2) is 9.32. The molecule has 0 amide bonds. The molecule has 0 unspecified atom stereocenters. The number of ketones is 1. The highest BCUT2D eigenvalue weighted by atomic mass is 16.3. The van der Waals surface area contributed by atoms with Gasteiger partial charge in [-0.15, -0.1) is 0 Å². The first-order valence-electron chi connectivity index (χ1n) is 6.80. The van der Waals surface area contributed by atoms with E-state index in [1.54, 1.807) is 12.2 Å². The van der Waals surface area contributed by atoms with Gasteiger partial charge in [-0.2, -0.15) is 0 Å². The molecule has 0 saturated carbocycles. The van der Waals surface area contributed by atoms with E-state index in [-0.39, 0.29) is 11.5 Å². The fraction of sp³-hybridized carbons (Fsp3) is 0.105. The quantitative estimate of drug-likeness (QED) is 0.462. The van der Waals surface area contributed by atoms with Gasteiger partial charge in [-0.05, 0) is 37.1 Å². The molecule has 0 atom stereocenters. The van der Waals surface area contributed by atoms with Crippen molar-refractivity contribution < 1.29 is 9.90 Å². The molecule has 0 spiro atoms. The zero-order chi connectivity index (χ0) is 15.5. The fourth-order valence-corrected chi connectivity index (χ4v) is 1.61. The van der Waals surface area contributed by atoms with Gasteiger partial charge in [0, 0.05) is 6.08 Å². The third-order valence-corrected chi connectivity index (χ3v) is 2.67. The molecule has 1 aromatic rings. The maximum Gasteiger partial charge on any atom is 0.182 e. The van der Waals surface area contributed by atoms with Crippen molar-refractivity contribution >= 4 is 11.9 Å². The first-order valence-corrected chi connectivity index (χ1v) is 6.80. The Morgan fingerprint density at radius 3 is 2.33 bits per heavy atom. The van der Waals surface area contributed by atoms with Crippen LogP contribution >= 0.6 is 0 Å². The standard InChI is InChI=1S/C19H20O2/c1-3-8-16(4-2)11-13-18(20)15-19(21)14-12-17-9-6-5-7-10-17/h3-15,21H,1-2H3/b8-3-,13-11+,14-12+,16-4+,19-15-. The van der Waals surface area contributed by atoms with Gasteiger partial charge in [-0.25, -0.2) is 0 Å². The maximum absolute atomic E-state index is 11.7. The van der Waals surface area contributed by atoms with E-state index in [2.05, 4.69) is 0 Å². The SMILES string of the molecule is C\C=C/C(/C=C/C(=O)/C=C(O)/C=C/c1ccccc1)=C\C. The number of rotatable bonds is 6. The number of carbonyl (C=O) groups excluding carboxylic acids is 1. The normalized spacial score (nSPS) is 13.6. The van der Waals surface area contributed by atoms with Crippen LogP contribution in [0.25, 0.3) is 6.08 Å². The van der Waals surface area contributed by atoms with Crippen molar-refractivity contribution in [3.63, 3.8) is 0 Å². The average Bonchev–Trinajstić information content (AvgIpc) is 2.50. The van der Waals surface area contributed by atoms with Crippen LogP contribution in [-0.4, -0.2) is 10.9 Å². The van der Waals surface area contributed by atoms with E-state index in [1.165, 1.54) is 18.2 Å². The van der Waals surface area contributed by atoms with Gasteiger partial charge >= 0.3 is 0 Å². The molecule has 108 valence electrons. The van der Waals surface area contributed by atoms with Gasteiger partial charge in [-0.3, -0.25) is 4.79 Å². The molecule has 2 nitrogen and oxygen atoms in total. The minimum Gasteiger partial charge on any atom is -0.508 e. The van der Waals surface area contributed by atoms with Crippen LogP contribution in [-0.2, 0) is 4.79 Å². The number of benzene rings is 1. The highest BCUT2D eigenvalue weighted by molar-refractivity contribution is 6.00. The molecule has 0 bridgehead atoms. The van der Waals surface area contributed by atoms with E-state index in [4.69, 9.17) is 0 Å². The Morgan fingerprint density at radius 2 is 1.71 bits per heavy atom. The number of hydrogen-bond acceptors (Lipinski definition) is 2. The number of carbonyl (C=O) groups is 1. The summed E-state index contributed by atoms with van der Waals surface area (Å²) in [6.45, 7) is 3.82. The Labute approximate surface area is 126 Å². The lowest BCUT2D eigenvalue weighted by Gasteiger charge is -1.93. The van der Waals surface area contributed by atoms with E-state index < -0.39 is 0 Å². The van der Waals surface area contributed by atoms with Crippen molar-refractivity contribution in [2.45, 2.75) is 13.8 Å². The molecule has 0 saturated heterocycles. The maximum atomic E-state index is 11.7. The molecule has 1 aromatic carbocycles. The van der Waals surface area contributed by atoms with Crippen molar-refractivity contribution in [2.24, 2.45) is 0 Å². The summed E-state index contributed by atoms with van der Waals surface area (Å²) in [6.07, 6.45) is 13.3. The number of aliphatic hydroxyl groups is 1. The van der Waals surface area contributed by atoms with Crippen LogP contribution in [0.2, 0.25) is 0 Å². The van der Waals surface area contributed by atoms with Crippen LogP contribution in [0.3, 0.4) is 0 Å². The van der Waals surface area contributed by atoms with Gasteiger partial charge in [0.15, 0.2) is 5.78 Å². The van der Waals surface area contributed by atoms with Crippen LogP contribution in [0.15, 0.2) is 84.2 Å². The largest absolute Gasteiger partial charge is 0.508 e. The van der Waals surface area contributed by atoms with Crippen LogP contribution in [0, 0.1) is 0 Å². The molecule has 0 aromatic heterocycles. The third-order valence-electron chi connectivity index (χ3n) is 2.67. The molecule has 1 rings (SSSR count). The smallest absolute Gasteiger partial charge is 0.182 e. The second-order valence-electron chi connectivity index (χ2n) is 4.34. The van der Waals surface area contributed by atoms with E-state index in [9.17, 15) is 9.90 Å². The van der Waals surface area contributed by atoms with Crippen LogP contribution in [0.1, 0.15) is 19.4 Å². The Balaban J connectivity index is 2.67. The van der Waals surface area contributed by atoms with Gasteiger partial charge in [0.1, 0.15) is 5.76 Å². The van der Waals surface area contributed by atoms with Crippen LogP contribution < -0.4 is 0 Å². The van der Waals surface area contributed by atoms with Crippen molar-refractivity contribution in [3.05, 3.63) is 89.8 Å². The monoisotopic (exact) mass is 280 g/mol. The summed E-state index contributed by atoms with van der Waals surface area (Å²) < 4.78 is 0. The number of hydrogen-bond donors (Lipinski definition) is 1. The first-order chi connectivity index (χ1) is 10.2. The van der Waals surface area contributed by atoms with Crippen molar-refractivity contribution in [2.75, 3.05) is 0 Å². The molecular formula is C19H20O2. The van der Waals surface area contributed by atoms with Crippen LogP contribution in [0.4, 0.5) is 0 Å². The number of allylic oxidation sites excluding steroid dienone is 8. The van der Waals surface area contributed by atoms with E-state index in [0.29, 0.717) is 0 Å². The molecule has 0 fully saturated rings. The summed E-state index contributed by atoms with van der Waals surface area (Å²) in [5.74, 6) is -0.323. The molecule has 0 aliphatic heterocycles. The average molecular weight is 280 g/mol. The summed E-state index contributed by atoms with van der Waals surface area (Å²) in [7, 11) is 0. The van der Waals surface area contributed by atoms with E-state index in [0.717, 1.165) is 11.1 Å². The lowest BCUT2D eigenvalue weighted by atomic mass is 10.2. The molecule has 1 N–H and O–H groups in total. The zero-order valence-corrected chi connectivity index (χ0v) is 12.4. The van der Waals surface area contributed by atoms with Crippen LogP contribution in [0.5, 0.6) is 0 Å². The Kier molecular flexibility index (Phi) is 7.30. The Morgan fingerprint density at radius 1 is 1.00 bits per heavy atom. The molecule has 0 heterocycles. The van der Waals surface area contributed by atoms with Gasteiger partial charge in [-0.1, -0.05) is 60.7 Å². The molecule has 2 heteroatoms. The summed E-state index contributed by atoms with van der Waals surface area (Å²) in [4.78, 5) is 11.7. The summed E-state index contributed by atoms with van der Waals surface area (Å²) >= 11 is 0. The van der Waals surface area contributed by atoms with Gasteiger partial charge in [0.05, 0.1) is 0 Å². The number of aliphatic hydroxyl groups excluding tert-OH is 1. The molecule has 0 aliphatic carbocycles. The van der Waals surface area contributed by atoms with Gasteiger partial charge < -0.3 is 5.11 Å². The molecular weight excluding hydrogens is 260 g/mol. The Bertz CT molecular complexity index is 600. The fourth-order valence-electron chi connectivity index (χ4n) is 1.61. The zero-order valence-electron chi connectivity index (χ0n) is 12.4. The van der Waals surface area contributed by atoms with Gasteiger partial charge in [0.25, 0.3) is 0 Å². The van der Waals surface area contributed by atoms with Crippen molar-refractivity contribution in [1.82, 2.24) is 0 Å². The van der Waals surface area contributed by atoms with Crippen molar-refractivity contribution in [3.8, 4) is 0 Å². The first kappa shape index (κ1) is 16.4. The molecule has 0 aliphatic rings. The minimum absolute atomic E-state index is 0.0680. The van der Waals surface area contributed by atoms with E-state index >= 15 is 0 Å². The third kappa shape index (κ3) is 6.92. The minimum atomic E-state index is -0.255. The predicted octanol–water partition coefficient (Wildman–Crippen LogP) is 4.79. The topological polar surface area (TPSA) is 37.3 Å². The van der Waals surface area contributed by atoms with Crippen molar-refractivity contribution in [1.29, 1.82) is 0 Å². The Hall–Kier alpha value is -2.61. The predicted molar refractivity (Wildman–Crippen MR) is 88.9 cm³/mol. The summed E-state index contributed by atoms with van der Waals surface area (Å²) in [5, 5.41) is 9.70.